The van der Waals surface area contributed by atoms with Gasteiger partial charge in [-0.25, -0.2) is 9.78 Å². The second kappa shape index (κ2) is 4.49. The fourth-order valence-corrected chi connectivity index (χ4v) is 1.39. The average Bonchev–Trinajstić information content (AvgIpc) is 2.27. The average molecular weight is 225 g/mol. The summed E-state index contributed by atoms with van der Waals surface area (Å²) in [4.78, 5) is 14.7. The molecule has 5 heteroatoms. The fourth-order valence-electron chi connectivity index (χ4n) is 1.39. The summed E-state index contributed by atoms with van der Waals surface area (Å²) in [5.41, 5.74) is -0.239. The molecule has 1 unspecified atom stereocenters. The summed E-state index contributed by atoms with van der Waals surface area (Å²) in [5, 5.41) is 18.4. The third-order valence-electron chi connectivity index (χ3n) is 2.61. The molecule has 88 valence electrons. The molecule has 0 aliphatic carbocycles. The van der Waals surface area contributed by atoms with Crippen LogP contribution in [0.4, 0.5) is 0 Å². The van der Waals surface area contributed by atoms with Gasteiger partial charge >= 0.3 is 5.97 Å². The maximum absolute atomic E-state index is 10.8. The summed E-state index contributed by atoms with van der Waals surface area (Å²) < 4.78 is 4.95. The van der Waals surface area contributed by atoms with Gasteiger partial charge in [-0.15, -0.1) is 0 Å². The van der Waals surface area contributed by atoms with E-state index in [1.807, 2.05) is 0 Å². The maximum atomic E-state index is 10.8. The highest BCUT2D eigenvalue weighted by Crippen LogP contribution is 2.28. The molecule has 2 N–H and O–H groups in total. The molecule has 0 aliphatic heterocycles. The Hall–Kier alpha value is -1.62. The Labute approximate surface area is 93.7 Å². The number of ether oxygens (including phenoxy) is 1. The quantitative estimate of drug-likeness (QED) is 0.792. The van der Waals surface area contributed by atoms with E-state index in [1.54, 1.807) is 26.0 Å². The van der Waals surface area contributed by atoms with Gasteiger partial charge in [0.05, 0.1) is 7.11 Å². The van der Waals surface area contributed by atoms with Gasteiger partial charge in [-0.3, -0.25) is 0 Å². The standard InChI is InChI=1S/C11H15NO4/c1-11(2,9(13)10(14)15)7-4-5-12-8(6-7)16-3/h4-6,9,13H,1-3H3,(H,14,15). The Kier molecular flexibility index (Phi) is 3.49. The van der Waals surface area contributed by atoms with Crippen molar-refractivity contribution < 1.29 is 19.7 Å². The predicted octanol–water partition coefficient (Wildman–Crippen LogP) is 0.813. The molecule has 1 heterocycles. The van der Waals surface area contributed by atoms with Crippen molar-refractivity contribution in [2.75, 3.05) is 7.11 Å². The SMILES string of the molecule is COc1cc(C(C)(C)C(O)C(=O)O)ccn1. The van der Waals surface area contributed by atoms with Gasteiger partial charge in [0.2, 0.25) is 5.88 Å². The van der Waals surface area contributed by atoms with E-state index in [0.717, 1.165) is 0 Å². The van der Waals surface area contributed by atoms with E-state index in [4.69, 9.17) is 9.84 Å². The Morgan fingerprint density at radius 1 is 1.56 bits per heavy atom. The number of methoxy groups -OCH3 is 1. The van der Waals surface area contributed by atoms with Crippen LogP contribution < -0.4 is 4.74 Å². The van der Waals surface area contributed by atoms with Crippen molar-refractivity contribution in [3.05, 3.63) is 23.9 Å². The summed E-state index contributed by atoms with van der Waals surface area (Å²) in [6.07, 6.45) is 0.0458. The molecule has 16 heavy (non-hydrogen) atoms. The van der Waals surface area contributed by atoms with Gasteiger partial charge in [-0.1, -0.05) is 13.8 Å². The Balaban J connectivity index is 3.10. The van der Waals surface area contributed by atoms with E-state index in [0.29, 0.717) is 11.4 Å². The van der Waals surface area contributed by atoms with Crippen molar-refractivity contribution in [1.82, 2.24) is 4.98 Å². The molecule has 1 rings (SSSR count). The maximum Gasteiger partial charge on any atom is 0.333 e. The first-order valence-corrected chi connectivity index (χ1v) is 4.81. The Morgan fingerprint density at radius 3 is 2.69 bits per heavy atom. The van der Waals surface area contributed by atoms with Crippen LogP contribution in [-0.2, 0) is 10.2 Å². The van der Waals surface area contributed by atoms with Gasteiger partial charge in [-0.05, 0) is 11.6 Å². The van der Waals surface area contributed by atoms with Crippen LogP contribution in [0.1, 0.15) is 19.4 Å². The van der Waals surface area contributed by atoms with Crippen LogP contribution in [0.2, 0.25) is 0 Å². The highest BCUT2D eigenvalue weighted by atomic mass is 16.5. The van der Waals surface area contributed by atoms with Gasteiger partial charge < -0.3 is 14.9 Å². The van der Waals surface area contributed by atoms with E-state index in [1.165, 1.54) is 13.3 Å². The number of carboxylic acid groups (broad SMARTS) is 1. The normalized spacial score (nSPS) is 13.2. The van der Waals surface area contributed by atoms with Crippen LogP contribution >= 0.6 is 0 Å². The summed E-state index contributed by atoms with van der Waals surface area (Å²) >= 11 is 0. The Bertz CT molecular complexity index is 389. The molecule has 0 spiro atoms. The van der Waals surface area contributed by atoms with Gasteiger partial charge in [0, 0.05) is 17.7 Å². The number of hydrogen-bond acceptors (Lipinski definition) is 4. The minimum absolute atomic E-state index is 0.392. The third-order valence-corrected chi connectivity index (χ3v) is 2.61. The number of aromatic nitrogens is 1. The van der Waals surface area contributed by atoms with E-state index >= 15 is 0 Å². The smallest absolute Gasteiger partial charge is 0.333 e. The first-order chi connectivity index (χ1) is 7.39. The number of carboxylic acids is 1. The van der Waals surface area contributed by atoms with Crippen LogP contribution in [0.15, 0.2) is 18.3 Å². The molecule has 1 aromatic rings. The summed E-state index contributed by atoms with van der Waals surface area (Å²) in [7, 11) is 1.48. The molecule has 0 saturated heterocycles. The monoisotopic (exact) mass is 225 g/mol. The number of nitrogens with zero attached hydrogens (tertiary/aromatic N) is 1. The summed E-state index contributed by atoms with van der Waals surface area (Å²) in [6, 6.07) is 3.28. The number of hydrogen-bond donors (Lipinski definition) is 2. The second-order valence-electron chi connectivity index (χ2n) is 4.05. The number of aliphatic hydroxyl groups is 1. The van der Waals surface area contributed by atoms with Crippen molar-refractivity contribution >= 4 is 5.97 Å². The van der Waals surface area contributed by atoms with Crippen LogP contribution in [0.25, 0.3) is 0 Å². The van der Waals surface area contributed by atoms with E-state index in [9.17, 15) is 9.90 Å². The minimum atomic E-state index is -1.47. The number of carbonyl (C=O) groups is 1. The first-order valence-electron chi connectivity index (χ1n) is 4.81. The number of aliphatic carboxylic acids is 1. The molecule has 0 bridgehead atoms. The molecular formula is C11H15NO4. The van der Waals surface area contributed by atoms with Gasteiger partial charge in [-0.2, -0.15) is 0 Å². The molecule has 0 aliphatic rings. The topological polar surface area (TPSA) is 79.7 Å². The van der Waals surface area contributed by atoms with Gasteiger partial charge in [0.15, 0.2) is 6.10 Å². The lowest BCUT2D eigenvalue weighted by Crippen LogP contribution is -2.39. The van der Waals surface area contributed by atoms with Crippen LogP contribution in [0, 0.1) is 0 Å². The molecule has 0 amide bonds. The zero-order chi connectivity index (χ0) is 12.3. The number of rotatable bonds is 4. The number of pyridine rings is 1. The van der Waals surface area contributed by atoms with Crippen molar-refractivity contribution in [2.45, 2.75) is 25.4 Å². The molecule has 1 atom stereocenters. The summed E-state index contributed by atoms with van der Waals surface area (Å²) in [6.45, 7) is 3.31. The number of aliphatic hydroxyl groups excluding tert-OH is 1. The van der Waals surface area contributed by atoms with Gasteiger partial charge in [0.25, 0.3) is 0 Å². The largest absolute Gasteiger partial charge is 0.481 e. The van der Waals surface area contributed by atoms with E-state index < -0.39 is 17.5 Å². The molecule has 0 fully saturated rings. The lowest BCUT2D eigenvalue weighted by molar-refractivity contribution is -0.150. The third kappa shape index (κ3) is 2.30. The van der Waals surface area contributed by atoms with Crippen molar-refractivity contribution in [2.24, 2.45) is 0 Å². The molecule has 0 radical (unpaired) electrons. The second-order valence-corrected chi connectivity index (χ2v) is 4.05. The molecule has 0 aromatic carbocycles. The fraction of sp³-hybridized carbons (Fsp3) is 0.455. The lowest BCUT2D eigenvalue weighted by atomic mass is 9.80. The van der Waals surface area contributed by atoms with Crippen molar-refractivity contribution in [3.63, 3.8) is 0 Å². The van der Waals surface area contributed by atoms with Crippen molar-refractivity contribution in [3.8, 4) is 5.88 Å². The molecular weight excluding hydrogens is 210 g/mol. The zero-order valence-corrected chi connectivity index (χ0v) is 9.47. The van der Waals surface area contributed by atoms with Crippen LogP contribution in [-0.4, -0.2) is 34.4 Å². The first kappa shape index (κ1) is 12.4. The van der Waals surface area contributed by atoms with Crippen LogP contribution in [0.3, 0.4) is 0 Å². The van der Waals surface area contributed by atoms with Gasteiger partial charge in [0.1, 0.15) is 0 Å². The van der Waals surface area contributed by atoms with E-state index in [-0.39, 0.29) is 0 Å². The zero-order valence-electron chi connectivity index (χ0n) is 9.47. The highest BCUT2D eigenvalue weighted by Gasteiger charge is 2.35. The van der Waals surface area contributed by atoms with Crippen LogP contribution in [0.5, 0.6) is 5.88 Å². The van der Waals surface area contributed by atoms with E-state index in [2.05, 4.69) is 4.98 Å². The predicted molar refractivity (Wildman–Crippen MR) is 57.5 cm³/mol. The minimum Gasteiger partial charge on any atom is -0.481 e. The highest BCUT2D eigenvalue weighted by molar-refractivity contribution is 5.74. The van der Waals surface area contributed by atoms with Crippen molar-refractivity contribution in [1.29, 1.82) is 0 Å². The molecule has 1 aromatic heterocycles. The molecule has 0 saturated carbocycles. The lowest BCUT2D eigenvalue weighted by Gasteiger charge is -2.28. The summed E-state index contributed by atoms with van der Waals surface area (Å²) in [5.74, 6) is -0.857. The molecule has 5 nitrogen and oxygen atoms in total. The Morgan fingerprint density at radius 2 is 2.19 bits per heavy atom.